The summed E-state index contributed by atoms with van der Waals surface area (Å²) in [4.78, 5) is 27.9. The molecule has 8 heteroatoms. The third kappa shape index (κ3) is 4.05. The van der Waals surface area contributed by atoms with Crippen LogP contribution in [0.4, 0.5) is 5.82 Å². The summed E-state index contributed by atoms with van der Waals surface area (Å²) in [6, 6.07) is 10.2. The monoisotopic (exact) mass is 441 g/mol. The highest BCUT2D eigenvalue weighted by atomic mass is 16.1. The lowest BCUT2D eigenvalue weighted by Gasteiger charge is -2.26. The van der Waals surface area contributed by atoms with Crippen molar-refractivity contribution in [2.75, 3.05) is 26.4 Å². The molecule has 0 saturated carbocycles. The van der Waals surface area contributed by atoms with Crippen LogP contribution >= 0.6 is 0 Å². The standard InChI is InChI=1S/C25H27N7O/c1-31(2)11-5-8-21(33)30-18-9-10-20-22(17-12-16-6-3-4-7-19(16)27-13-17)23-24(26)28-15-29-25(23)32(20)14-18/h3-8,12-13,15,18H,9-11,14H2,1-2H3,(H,30,33)(H2,26,28,29)/b8-5+. The van der Waals surface area contributed by atoms with Crippen LogP contribution in [0.2, 0.25) is 0 Å². The molecule has 33 heavy (non-hydrogen) atoms. The maximum atomic E-state index is 12.4. The number of anilines is 1. The van der Waals surface area contributed by atoms with E-state index in [4.69, 9.17) is 5.73 Å². The second-order valence-corrected chi connectivity index (χ2v) is 8.72. The number of benzene rings is 1. The van der Waals surface area contributed by atoms with Crippen LogP contribution in [-0.4, -0.2) is 57.0 Å². The summed E-state index contributed by atoms with van der Waals surface area (Å²) < 4.78 is 2.18. The molecule has 4 heterocycles. The lowest BCUT2D eigenvalue weighted by Crippen LogP contribution is -2.40. The zero-order valence-corrected chi connectivity index (χ0v) is 18.8. The quantitative estimate of drug-likeness (QED) is 0.462. The number of nitrogen functional groups attached to an aromatic ring is 1. The number of hydrogen-bond donors (Lipinski definition) is 2. The van der Waals surface area contributed by atoms with Crippen LogP contribution in [0.1, 0.15) is 12.1 Å². The van der Waals surface area contributed by atoms with Crippen molar-refractivity contribution < 1.29 is 4.79 Å². The highest BCUT2D eigenvalue weighted by Crippen LogP contribution is 2.39. The van der Waals surface area contributed by atoms with Crippen LogP contribution in [0.3, 0.4) is 0 Å². The van der Waals surface area contributed by atoms with Crippen molar-refractivity contribution in [1.82, 2.24) is 29.7 Å². The van der Waals surface area contributed by atoms with Gasteiger partial charge in [-0.05, 0) is 39.1 Å². The Bertz CT molecular complexity index is 1370. The Morgan fingerprint density at radius 1 is 1.27 bits per heavy atom. The second kappa shape index (κ2) is 8.63. The van der Waals surface area contributed by atoms with Gasteiger partial charge in [-0.3, -0.25) is 9.78 Å². The number of nitrogens with zero attached hydrogens (tertiary/aromatic N) is 5. The zero-order chi connectivity index (χ0) is 22.9. The smallest absolute Gasteiger partial charge is 0.243 e. The molecule has 0 aliphatic carbocycles. The summed E-state index contributed by atoms with van der Waals surface area (Å²) in [5.41, 5.74) is 11.3. The topological polar surface area (TPSA) is 102 Å². The van der Waals surface area contributed by atoms with Crippen LogP contribution in [0.5, 0.6) is 0 Å². The van der Waals surface area contributed by atoms with E-state index in [0.717, 1.165) is 58.1 Å². The molecule has 8 nitrogen and oxygen atoms in total. The molecular formula is C25H27N7O. The number of aromatic nitrogens is 4. The highest BCUT2D eigenvalue weighted by Gasteiger charge is 2.28. The predicted octanol–water partition coefficient (Wildman–Crippen LogP) is 2.78. The zero-order valence-electron chi connectivity index (χ0n) is 18.8. The molecule has 1 unspecified atom stereocenters. The van der Waals surface area contributed by atoms with E-state index in [9.17, 15) is 4.79 Å². The summed E-state index contributed by atoms with van der Waals surface area (Å²) in [5.74, 6) is 0.382. The number of carbonyl (C=O) groups excluding carboxylic acids is 1. The first-order chi connectivity index (χ1) is 16.0. The van der Waals surface area contributed by atoms with Crippen molar-refractivity contribution >= 4 is 33.7 Å². The van der Waals surface area contributed by atoms with Gasteiger partial charge in [-0.15, -0.1) is 0 Å². The van der Waals surface area contributed by atoms with Crippen LogP contribution in [0.15, 0.2) is 55.0 Å². The second-order valence-electron chi connectivity index (χ2n) is 8.72. The number of hydrogen-bond acceptors (Lipinski definition) is 6. The Morgan fingerprint density at radius 3 is 2.97 bits per heavy atom. The average Bonchev–Trinajstić information content (AvgIpc) is 3.13. The molecular weight excluding hydrogens is 414 g/mol. The van der Waals surface area contributed by atoms with Gasteiger partial charge in [-0.1, -0.05) is 24.3 Å². The minimum atomic E-state index is -0.0742. The van der Waals surface area contributed by atoms with Gasteiger partial charge in [0.05, 0.1) is 10.9 Å². The number of likely N-dealkylation sites (N-methyl/N-ethyl adjacent to an activating group) is 1. The summed E-state index contributed by atoms with van der Waals surface area (Å²) in [5, 5.41) is 5.06. The molecule has 1 amide bonds. The van der Waals surface area contributed by atoms with Gasteiger partial charge in [0.25, 0.3) is 0 Å². The Morgan fingerprint density at radius 2 is 2.12 bits per heavy atom. The van der Waals surface area contributed by atoms with E-state index in [-0.39, 0.29) is 11.9 Å². The molecule has 4 aromatic rings. The van der Waals surface area contributed by atoms with E-state index >= 15 is 0 Å². The largest absolute Gasteiger partial charge is 0.383 e. The normalized spacial score (nSPS) is 16.0. The third-order valence-electron chi connectivity index (χ3n) is 6.07. The van der Waals surface area contributed by atoms with Gasteiger partial charge in [0.1, 0.15) is 17.8 Å². The van der Waals surface area contributed by atoms with Crippen molar-refractivity contribution in [2.24, 2.45) is 0 Å². The highest BCUT2D eigenvalue weighted by molar-refractivity contribution is 6.03. The lowest BCUT2D eigenvalue weighted by atomic mass is 9.97. The van der Waals surface area contributed by atoms with E-state index in [1.807, 2.05) is 49.5 Å². The number of amides is 1. The van der Waals surface area contributed by atoms with Gasteiger partial charge in [0, 0.05) is 53.6 Å². The van der Waals surface area contributed by atoms with Crippen molar-refractivity contribution in [3.05, 3.63) is 60.7 Å². The molecule has 168 valence electrons. The van der Waals surface area contributed by atoms with E-state index in [1.165, 1.54) is 6.33 Å². The number of pyridine rings is 1. The van der Waals surface area contributed by atoms with Crippen LogP contribution in [-0.2, 0) is 17.8 Å². The number of rotatable bonds is 5. The summed E-state index contributed by atoms with van der Waals surface area (Å²) in [7, 11) is 3.94. The molecule has 1 aliphatic rings. The number of fused-ring (bicyclic) bond motifs is 4. The first-order valence-electron chi connectivity index (χ1n) is 11.1. The minimum Gasteiger partial charge on any atom is -0.383 e. The van der Waals surface area contributed by atoms with Crippen molar-refractivity contribution in [1.29, 1.82) is 0 Å². The van der Waals surface area contributed by atoms with Gasteiger partial charge < -0.3 is 20.5 Å². The van der Waals surface area contributed by atoms with Gasteiger partial charge in [0.15, 0.2) is 0 Å². The van der Waals surface area contributed by atoms with Gasteiger partial charge in [0.2, 0.25) is 5.91 Å². The van der Waals surface area contributed by atoms with Gasteiger partial charge in [-0.2, -0.15) is 0 Å². The molecule has 5 rings (SSSR count). The number of nitrogens with one attached hydrogen (secondary N) is 1. The fraction of sp³-hybridized carbons (Fsp3) is 0.280. The molecule has 0 fully saturated rings. The van der Waals surface area contributed by atoms with Crippen molar-refractivity contribution in [2.45, 2.75) is 25.4 Å². The van der Waals surface area contributed by atoms with Crippen molar-refractivity contribution in [3.8, 4) is 11.1 Å². The molecule has 3 aromatic heterocycles. The molecule has 1 aromatic carbocycles. The Kier molecular flexibility index (Phi) is 5.51. The number of nitrogens with two attached hydrogens (primary N) is 1. The minimum absolute atomic E-state index is 0.0170. The summed E-state index contributed by atoms with van der Waals surface area (Å²) in [6.45, 7) is 1.36. The van der Waals surface area contributed by atoms with Crippen LogP contribution < -0.4 is 11.1 Å². The molecule has 0 bridgehead atoms. The fourth-order valence-corrected chi connectivity index (χ4v) is 4.58. The van der Waals surface area contributed by atoms with Gasteiger partial charge >= 0.3 is 0 Å². The first-order valence-corrected chi connectivity index (χ1v) is 11.1. The Hall–Kier alpha value is -3.78. The number of carbonyl (C=O) groups is 1. The van der Waals surface area contributed by atoms with E-state index in [0.29, 0.717) is 12.4 Å². The molecule has 1 aliphatic heterocycles. The summed E-state index contributed by atoms with van der Waals surface area (Å²) in [6.07, 6.45) is 8.51. The fourth-order valence-electron chi connectivity index (χ4n) is 4.58. The predicted molar refractivity (Wildman–Crippen MR) is 131 cm³/mol. The van der Waals surface area contributed by atoms with E-state index < -0.39 is 0 Å². The third-order valence-corrected chi connectivity index (χ3v) is 6.07. The molecule has 1 atom stereocenters. The average molecular weight is 442 g/mol. The Balaban J connectivity index is 1.52. The van der Waals surface area contributed by atoms with Crippen LogP contribution in [0.25, 0.3) is 33.1 Å². The Labute approximate surface area is 192 Å². The van der Waals surface area contributed by atoms with E-state index in [2.05, 4.69) is 37.0 Å². The molecule has 0 saturated heterocycles. The van der Waals surface area contributed by atoms with Gasteiger partial charge in [-0.25, -0.2) is 9.97 Å². The summed E-state index contributed by atoms with van der Waals surface area (Å²) >= 11 is 0. The maximum absolute atomic E-state index is 12.4. The maximum Gasteiger partial charge on any atom is 0.243 e. The lowest BCUT2D eigenvalue weighted by molar-refractivity contribution is -0.117. The van der Waals surface area contributed by atoms with Crippen LogP contribution in [0, 0.1) is 0 Å². The molecule has 3 N–H and O–H groups in total. The molecule has 0 radical (unpaired) electrons. The number of para-hydroxylation sites is 1. The SMILES string of the molecule is CN(C)C/C=C/C(=O)NC1CCc2c(-c3cnc4ccccc4c3)c3c(N)ncnc3n2C1. The van der Waals surface area contributed by atoms with E-state index in [1.54, 1.807) is 6.08 Å². The van der Waals surface area contributed by atoms with Crippen molar-refractivity contribution in [3.63, 3.8) is 0 Å². The molecule has 0 spiro atoms. The first kappa shape index (κ1) is 21.1.